The van der Waals surface area contributed by atoms with E-state index in [1.165, 1.54) is 7.05 Å². The summed E-state index contributed by atoms with van der Waals surface area (Å²) in [7, 11) is 1.43. The molecule has 1 aromatic rings. The molecule has 0 aliphatic rings. The van der Waals surface area contributed by atoms with Gasteiger partial charge in [0.05, 0.1) is 0 Å². The van der Waals surface area contributed by atoms with Crippen molar-refractivity contribution in [3.8, 4) is 0 Å². The number of nitrogens with one attached hydrogen (secondary N) is 2. The summed E-state index contributed by atoms with van der Waals surface area (Å²) >= 11 is 0. The van der Waals surface area contributed by atoms with Crippen LogP contribution in [0.2, 0.25) is 0 Å². The number of carbonyl (C=O) groups excluding carboxylic acids is 1. The Morgan fingerprint density at radius 3 is 2.35 bits per heavy atom. The van der Waals surface area contributed by atoms with Crippen LogP contribution in [0.25, 0.3) is 0 Å². The monoisotopic (exact) mass is 236 g/mol. The number of aryl methyl sites for hydroxylation is 2. The van der Waals surface area contributed by atoms with Gasteiger partial charge in [-0.05, 0) is 44.2 Å². The van der Waals surface area contributed by atoms with Gasteiger partial charge < -0.3 is 10.4 Å². The molecular weight excluding hydrogens is 220 g/mol. The van der Waals surface area contributed by atoms with E-state index in [1.807, 2.05) is 26.0 Å². The summed E-state index contributed by atoms with van der Waals surface area (Å²) in [4.78, 5) is 22.4. The van der Waals surface area contributed by atoms with Gasteiger partial charge in [-0.25, -0.2) is 4.79 Å². The third-order valence-corrected chi connectivity index (χ3v) is 2.57. The number of rotatable bonds is 4. The number of carbonyl (C=O) groups is 2. The number of benzene rings is 1. The number of carboxylic acids is 1. The smallest absolute Gasteiger partial charge is 0.330 e. The van der Waals surface area contributed by atoms with Gasteiger partial charge in [0.1, 0.15) is 0 Å². The zero-order valence-corrected chi connectivity index (χ0v) is 10.1. The molecule has 0 aliphatic carbocycles. The van der Waals surface area contributed by atoms with Crippen molar-refractivity contribution in [2.45, 2.75) is 19.9 Å². The van der Waals surface area contributed by atoms with Gasteiger partial charge in [0, 0.05) is 5.69 Å². The Bertz CT molecular complexity index is 443. The molecule has 3 N–H and O–H groups in total. The van der Waals surface area contributed by atoms with Crippen molar-refractivity contribution in [2.24, 2.45) is 0 Å². The third kappa shape index (κ3) is 3.29. The van der Waals surface area contributed by atoms with Crippen molar-refractivity contribution in [2.75, 3.05) is 12.4 Å². The van der Waals surface area contributed by atoms with Crippen LogP contribution in [0.15, 0.2) is 18.2 Å². The quantitative estimate of drug-likeness (QED) is 0.679. The lowest BCUT2D eigenvalue weighted by Gasteiger charge is -2.12. The molecule has 0 spiro atoms. The van der Waals surface area contributed by atoms with E-state index < -0.39 is 17.9 Å². The molecule has 1 unspecified atom stereocenters. The summed E-state index contributed by atoms with van der Waals surface area (Å²) in [6.07, 6.45) is 0. The fourth-order valence-electron chi connectivity index (χ4n) is 1.40. The zero-order valence-electron chi connectivity index (χ0n) is 10.1. The highest BCUT2D eigenvalue weighted by Gasteiger charge is 2.23. The van der Waals surface area contributed by atoms with E-state index in [0.717, 1.165) is 11.1 Å². The highest BCUT2D eigenvalue weighted by atomic mass is 16.4. The van der Waals surface area contributed by atoms with Crippen LogP contribution in [-0.2, 0) is 9.59 Å². The van der Waals surface area contributed by atoms with Crippen LogP contribution in [0.5, 0.6) is 0 Å². The SMILES string of the molecule is CNC(C(=O)O)C(=O)Nc1ccc(C)c(C)c1. The van der Waals surface area contributed by atoms with Crippen molar-refractivity contribution >= 4 is 17.6 Å². The van der Waals surface area contributed by atoms with E-state index in [1.54, 1.807) is 6.07 Å². The molecule has 92 valence electrons. The molecule has 1 atom stereocenters. The molecule has 1 rings (SSSR count). The second-order valence-electron chi connectivity index (χ2n) is 3.85. The van der Waals surface area contributed by atoms with E-state index in [4.69, 9.17) is 5.11 Å². The molecule has 5 heteroatoms. The Hall–Kier alpha value is -1.88. The molecule has 17 heavy (non-hydrogen) atoms. The van der Waals surface area contributed by atoms with Crippen molar-refractivity contribution in [1.29, 1.82) is 0 Å². The first-order valence-corrected chi connectivity index (χ1v) is 5.24. The summed E-state index contributed by atoms with van der Waals surface area (Å²) in [6, 6.07) is 4.19. The van der Waals surface area contributed by atoms with E-state index in [2.05, 4.69) is 10.6 Å². The van der Waals surface area contributed by atoms with Crippen LogP contribution < -0.4 is 10.6 Å². The van der Waals surface area contributed by atoms with Crippen molar-refractivity contribution in [3.63, 3.8) is 0 Å². The Labute approximate surface area is 99.8 Å². The van der Waals surface area contributed by atoms with Gasteiger partial charge in [-0.1, -0.05) is 6.07 Å². The van der Waals surface area contributed by atoms with E-state index in [-0.39, 0.29) is 0 Å². The van der Waals surface area contributed by atoms with Gasteiger partial charge >= 0.3 is 5.97 Å². The normalized spacial score (nSPS) is 11.9. The minimum absolute atomic E-state index is 0.580. The number of likely N-dealkylation sites (N-methyl/N-ethyl adjacent to an activating group) is 1. The number of aliphatic carboxylic acids is 1. The lowest BCUT2D eigenvalue weighted by molar-refractivity contribution is -0.142. The standard InChI is InChI=1S/C12H16N2O3/c1-7-4-5-9(6-8(7)2)14-11(15)10(13-3)12(16)17/h4-6,10,13H,1-3H3,(H,14,15)(H,16,17). The summed E-state index contributed by atoms with van der Waals surface area (Å²) in [5, 5.41) is 13.8. The van der Waals surface area contributed by atoms with Crippen LogP contribution in [0.1, 0.15) is 11.1 Å². The summed E-state index contributed by atoms with van der Waals surface area (Å²) in [5.74, 6) is -1.78. The Kier molecular flexibility index (Phi) is 4.23. The Morgan fingerprint density at radius 2 is 1.88 bits per heavy atom. The van der Waals surface area contributed by atoms with Crippen molar-refractivity contribution < 1.29 is 14.7 Å². The van der Waals surface area contributed by atoms with Gasteiger partial charge in [0.2, 0.25) is 0 Å². The summed E-state index contributed by atoms with van der Waals surface area (Å²) in [6.45, 7) is 3.90. The van der Waals surface area contributed by atoms with Crippen molar-refractivity contribution in [1.82, 2.24) is 5.32 Å². The van der Waals surface area contributed by atoms with E-state index in [0.29, 0.717) is 5.69 Å². The molecule has 0 saturated carbocycles. The maximum Gasteiger partial charge on any atom is 0.330 e. The molecule has 1 amide bonds. The minimum Gasteiger partial charge on any atom is -0.480 e. The molecule has 1 aromatic carbocycles. The summed E-state index contributed by atoms with van der Waals surface area (Å²) < 4.78 is 0. The largest absolute Gasteiger partial charge is 0.480 e. The number of anilines is 1. The number of carboxylic acid groups (broad SMARTS) is 1. The fraction of sp³-hybridized carbons (Fsp3) is 0.333. The second-order valence-corrected chi connectivity index (χ2v) is 3.85. The maximum atomic E-state index is 11.6. The van der Waals surface area contributed by atoms with Crippen LogP contribution in [-0.4, -0.2) is 30.1 Å². The predicted octanol–water partition coefficient (Wildman–Crippen LogP) is 0.915. The number of hydrogen-bond acceptors (Lipinski definition) is 3. The molecule has 0 heterocycles. The topological polar surface area (TPSA) is 78.4 Å². The van der Waals surface area contributed by atoms with Crippen LogP contribution in [0.4, 0.5) is 5.69 Å². The highest BCUT2D eigenvalue weighted by molar-refractivity contribution is 6.07. The molecular formula is C12H16N2O3. The average Bonchev–Trinajstić information content (AvgIpc) is 2.24. The molecule has 0 saturated heterocycles. The van der Waals surface area contributed by atoms with Gasteiger partial charge in [-0.15, -0.1) is 0 Å². The molecule has 0 fully saturated rings. The van der Waals surface area contributed by atoms with Crippen molar-refractivity contribution in [3.05, 3.63) is 29.3 Å². The lowest BCUT2D eigenvalue weighted by Crippen LogP contribution is -2.44. The van der Waals surface area contributed by atoms with Gasteiger partial charge in [0.25, 0.3) is 5.91 Å². The fourth-order valence-corrected chi connectivity index (χ4v) is 1.40. The van der Waals surface area contributed by atoms with E-state index in [9.17, 15) is 9.59 Å². The van der Waals surface area contributed by atoms with Gasteiger partial charge in [-0.2, -0.15) is 0 Å². The van der Waals surface area contributed by atoms with E-state index >= 15 is 0 Å². The van der Waals surface area contributed by atoms with Crippen LogP contribution >= 0.6 is 0 Å². The molecule has 0 radical (unpaired) electrons. The molecule has 0 aliphatic heterocycles. The molecule has 0 aromatic heterocycles. The lowest BCUT2D eigenvalue weighted by atomic mass is 10.1. The first-order chi connectivity index (χ1) is 7.95. The molecule has 0 bridgehead atoms. The van der Waals surface area contributed by atoms with Crippen LogP contribution in [0.3, 0.4) is 0 Å². The third-order valence-electron chi connectivity index (χ3n) is 2.57. The van der Waals surface area contributed by atoms with Crippen LogP contribution in [0, 0.1) is 13.8 Å². The summed E-state index contributed by atoms with van der Waals surface area (Å²) in [5.41, 5.74) is 2.75. The maximum absolute atomic E-state index is 11.6. The second kappa shape index (κ2) is 5.45. The molecule has 5 nitrogen and oxygen atoms in total. The number of hydrogen-bond donors (Lipinski definition) is 3. The average molecular weight is 236 g/mol. The Balaban J connectivity index is 2.80. The number of amides is 1. The predicted molar refractivity (Wildman–Crippen MR) is 65.0 cm³/mol. The highest BCUT2D eigenvalue weighted by Crippen LogP contribution is 2.14. The first-order valence-electron chi connectivity index (χ1n) is 5.24. The minimum atomic E-state index is -1.24. The zero-order chi connectivity index (χ0) is 13.0. The Morgan fingerprint density at radius 1 is 1.24 bits per heavy atom. The van der Waals surface area contributed by atoms with Gasteiger partial charge in [0.15, 0.2) is 6.04 Å². The van der Waals surface area contributed by atoms with Gasteiger partial charge in [-0.3, -0.25) is 10.1 Å². The first kappa shape index (κ1) is 13.2.